The molecule has 134 valence electrons. The van der Waals surface area contributed by atoms with Gasteiger partial charge in [-0.3, -0.25) is 4.98 Å². The Bertz CT molecular complexity index is 871. The lowest BCUT2D eigenvalue weighted by Crippen LogP contribution is -2.06. The van der Waals surface area contributed by atoms with Crippen LogP contribution in [0.25, 0.3) is 0 Å². The summed E-state index contributed by atoms with van der Waals surface area (Å²) in [6, 6.07) is 13.3. The quantitative estimate of drug-likeness (QED) is 0.673. The van der Waals surface area contributed by atoms with E-state index in [0.717, 1.165) is 17.2 Å². The number of ether oxygens (including phenoxy) is 2. The topological polar surface area (TPSA) is 81.2 Å². The van der Waals surface area contributed by atoms with Crippen molar-refractivity contribution in [1.82, 2.24) is 15.0 Å². The monoisotopic (exact) mass is 351 g/mol. The van der Waals surface area contributed by atoms with Crippen molar-refractivity contribution in [2.75, 3.05) is 24.9 Å². The normalized spacial score (nSPS) is 10.3. The molecule has 0 aliphatic rings. The summed E-state index contributed by atoms with van der Waals surface area (Å²) in [6.07, 6.45) is 1.77. The molecular weight excluding hydrogens is 330 g/mol. The Labute approximate surface area is 152 Å². The SMILES string of the molecule is COc1ccc(Nc2cc(NCc3ccccn3)nc(C)n2)cc1OC. The summed E-state index contributed by atoms with van der Waals surface area (Å²) in [5.74, 6) is 3.41. The molecule has 0 aliphatic heterocycles. The number of benzene rings is 1. The third-order valence-corrected chi connectivity index (χ3v) is 3.67. The second-order valence-corrected chi connectivity index (χ2v) is 5.56. The van der Waals surface area contributed by atoms with Crippen molar-refractivity contribution >= 4 is 17.3 Å². The van der Waals surface area contributed by atoms with Gasteiger partial charge < -0.3 is 20.1 Å². The molecule has 7 heteroatoms. The Balaban J connectivity index is 1.75. The van der Waals surface area contributed by atoms with Crippen LogP contribution in [0.1, 0.15) is 11.5 Å². The molecule has 26 heavy (non-hydrogen) atoms. The van der Waals surface area contributed by atoms with Gasteiger partial charge in [-0.05, 0) is 31.2 Å². The number of nitrogens with zero attached hydrogens (tertiary/aromatic N) is 3. The lowest BCUT2D eigenvalue weighted by atomic mass is 10.2. The smallest absolute Gasteiger partial charge is 0.162 e. The van der Waals surface area contributed by atoms with E-state index in [-0.39, 0.29) is 0 Å². The largest absolute Gasteiger partial charge is 0.493 e. The summed E-state index contributed by atoms with van der Waals surface area (Å²) >= 11 is 0. The minimum Gasteiger partial charge on any atom is -0.493 e. The van der Waals surface area contributed by atoms with E-state index in [0.29, 0.717) is 29.7 Å². The molecule has 0 unspecified atom stereocenters. The van der Waals surface area contributed by atoms with Gasteiger partial charge in [-0.1, -0.05) is 6.07 Å². The summed E-state index contributed by atoms with van der Waals surface area (Å²) < 4.78 is 10.6. The van der Waals surface area contributed by atoms with Crippen LogP contribution in [0.5, 0.6) is 11.5 Å². The second kappa shape index (κ2) is 8.15. The van der Waals surface area contributed by atoms with E-state index >= 15 is 0 Å². The summed E-state index contributed by atoms with van der Waals surface area (Å²) in [4.78, 5) is 13.1. The van der Waals surface area contributed by atoms with Gasteiger partial charge in [-0.25, -0.2) is 9.97 Å². The van der Waals surface area contributed by atoms with Gasteiger partial charge in [0.15, 0.2) is 11.5 Å². The van der Waals surface area contributed by atoms with Crippen LogP contribution in [-0.2, 0) is 6.54 Å². The molecule has 0 radical (unpaired) electrons. The summed E-state index contributed by atoms with van der Waals surface area (Å²) in [5.41, 5.74) is 1.79. The van der Waals surface area contributed by atoms with Gasteiger partial charge in [0, 0.05) is 24.0 Å². The first-order valence-corrected chi connectivity index (χ1v) is 8.16. The Morgan fingerprint density at radius 3 is 2.46 bits per heavy atom. The van der Waals surface area contributed by atoms with Crippen molar-refractivity contribution in [3.63, 3.8) is 0 Å². The highest BCUT2D eigenvalue weighted by Crippen LogP contribution is 2.31. The van der Waals surface area contributed by atoms with Crippen LogP contribution in [0.15, 0.2) is 48.7 Å². The van der Waals surface area contributed by atoms with Crippen LogP contribution in [0, 0.1) is 6.92 Å². The molecule has 7 nitrogen and oxygen atoms in total. The molecule has 0 aliphatic carbocycles. The molecule has 0 bridgehead atoms. The number of aryl methyl sites for hydroxylation is 1. The minimum atomic E-state index is 0.590. The number of hydrogen-bond acceptors (Lipinski definition) is 7. The van der Waals surface area contributed by atoms with Crippen molar-refractivity contribution in [3.05, 3.63) is 60.2 Å². The standard InChI is InChI=1S/C19H21N5O2/c1-13-22-18(21-12-15-6-4-5-9-20-15)11-19(23-13)24-14-7-8-16(25-2)17(10-14)26-3/h4-11H,12H2,1-3H3,(H2,21,22,23,24). The van der Waals surface area contributed by atoms with E-state index in [4.69, 9.17) is 9.47 Å². The zero-order chi connectivity index (χ0) is 18.4. The number of rotatable bonds is 7. The highest BCUT2D eigenvalue weighted by molar-refractivity contribution is 5.63. The van der Waals surface area contributed by atoms with E-state index in [1.807, 2.05) is 49.4 Å². The van der Waals surface area contributed by atoms with Gasteiger partial charge >= 0.3 is 0 Å². The molecule has 0 atom stereocenters. The van der Waals surface area contributed by atoms with Crippen LogP contribution >= 0.6 is 0 Å². The highest BCUT2D eigenvalue weighted by atomic mass is 16.5. The number of hydrogen-bond donors (Lipinski definition) is 2. The first kappa shape index (κ1) is 17.5. The zero-order valence-corrected chi connectivity index (χ0v) is 15.0. The maximum atomic E-state index is 5.33. The Morgan fingerprint density at radius 1 is 0.923 bits per heavy atom. The molecule has 0 saturated heterocycles. The van der Waals surface area contributed by atoms with Gasteiger partial charge in [-0.15, -0.1) is 0 Å². The van der Waals surface area contributed by atoms with Crippen LogP contribution < -0.4 is 20.1 Å². The number of anilines is 3. The van der Waals surface area contributed by atoms with Gasteiger partial charge in [-0.2, -0.15) is 0 Å². The van der Waals surface area contributed by atoms with E-state index in [2.05, 4.69) is 25.6 Å². The van der Waals surface area contributed by atoms with E-state index < -0.39 is 0 Å². The first-order valence-electron chi connectivity index (χ1n) is 8.16. The predicted molar refractivity (Wildman–Crippen MR) is 101 cm³/mol. The van der Waals surface area contributed by atoms with Crippen molar-refractivity contribution < 1.29 is 9.47 Å². The molecule has 0 fully saturated rings. The number of pyridine rings is 1. The van der Waals surface area contributed by atoms with Gasteiger partial charge in [0.25, 0.3) is 0 Å². The maximum Gasteiger partial charge on any atom is 0.162 e. The minimum absolute atomic E-state index is 0.590. The fraction of sp³-hybridized carbons (Fsp3) is 0.211. The van der Waals surface area contributed by atoms with Gasteiger partial charge in [0.2, 0.25) is 0 Å². The third kappa shape index (κ3) is 4.38. The molecule has 0 saturated carbocycles. The molecular formula is C19H21N5O2. The Hall–Kier alpha value is -3.35. The first-order chi connectivity index (χ1) is 12.7. The van der Waals surface area contributed by atoms with Crippen molar-refractivity contribution in [2.45, 2.75) is 13.5 Å². The van der Waals surface area contributed by atoms with Crippen LogP contribution in [0.4, 0.5) is 17.3 Å². The lowest BCUT2D eigenvalue weighted by molar-refractivity contribution is 0.355. The fourth-order valence-corrected chi connectivity index (χ4v) is 2.47. The van der Waals surface area contributed by atoms with Gasteiger partial charge in [0.05, 0.1) is 26.5 Å². The molecule has 0 amide bonds. The molecule has 0 spiro atoms. The Morgan fingerprint density at radius 2 is 1.73 bits per heavy atom. The van der Waals surface area contributed by atoms with Crippen molar-refractivity contribution in [2.24, 2.45) is 0 Å². The lowest BCUT2D eigenvalue weighted by Gasteiger charge is -2.12. The van der Waals surface area contributed by atoms with Crippen LogP contribution in [0.2, 0.25) is 0 Å². The predicted octanol–water partition coefficient (Wildman–Crippen LogP) is 3.55. The van der Waals surface area contributed by atoms with E-state index in [9.17, 15) is 0 Å². The number of aromatic nitrogens is 3. The average molecular weight is 351 g/mol. The van der Waals surface area contributed by atoms with Crippen molar-refractivity contribution in [3.8, 4) is 11.5 Å². The summed E-state index contributed by atoms with van der Waals surface area (Å²) in [7, 11) is 3.22. The van der Waals surface area contributed by atoms with E-state index in [1.54, 1.807) is 20.4 Å². The fourth-order valence-electron chi connectivity index (χ4n) is 2.47. The van der Waals surface area contributed by atoms with Crippen molar-refractivity contribution in [1.29, 1.82) is 0 Å². The molecule has 1 aromatic carbocycles. The second-order valence-electron chi connectivity index (χ2n) is 5.56. The van der Waals surface area contributed by atoms with Crippen LogP contribution in [-0.4, -0.2) is 29.2 Å². The number of nitrogens with one attached hydrogen (secondary N) is 2. The van der Waals surface area contributed by atoms with Crippen LogP contribution in [0.3, 0.4) is 0 Å². The Kier molecular flexibility index (Phi) is 5.48. The third-order valence-electron chi connectivity index (χ3n) is 3.67. The number of methoxy groups -OCH3 is 2. The molecule has 2 heterocycles. The molecule has 2 aromatic heterocycles. The highest BCUT2D eigenvalue weighted by Gasteiger charge is 2.07. The van der Waals surface area contributed by atoms with Gasteiger partial charge in [0.1, 0.15) is 17.5 Å². The molecule has 3 aromatic rings. The zero-order valence-electron chi connectivity index (χ0n) is 15.0. The van der Waals surface area contributed by atoms with E-state index in [1.165, 1.54) is 0 Å². The summed E-state index contributed by atoms with van der Waals surface area (Å²) in [6.45, 7) is 2.44. The molecule has 2 N–H and O–H groups in total. The maximum absolute atomic E-state index is 5.33. The molecule has 3 rings (SSSR count). The average Bonchev–Trinajstić information content (AvgIpc) is 2.66. The summed E-state index contributed by atoms with van der Waals surface area (Å²) in [5, 5.41) is 6.54.